The normalized spacial score (nSPS) is 39.6. The summed E-state index contributed by atoms with van der Waals surface area (Å²) >= 11 is 1.79. The Morgan fingerprint density at radius 1 is 1.38 bits per heavy atom. The largest absolute Gasteiger partial charge is 0.351 e. The molecule has 4 heteroatoms. The molecule has 0 aromatic carbocycles. The molecule has 3 atom stereocenters. The second-order valence-corrected chi connectivity index (χ2v) is 6.81. The smallest absolute Gasteiger partial charge is 0.236 e. The summed E-state index contributed by atoms with van der Waals surface area (Å²) in [7, 11) is 0. The van der Waals surface area contributed by atoms with Gasteiger partial charge in [-0.2, -0.15) is 0 Å². The molecule has 1 saturated carbocycles. The fraction of sp³-hybridized carbons (Fsp3) is 0.917. The van der Waals surface area contributed by atoms with Crippen LogP contribution in [0.1, 0.15) is 45.4 Å². The van der Waals surface area contributed by atoms with E-state index >= 15 is 0 Å². The van der Waals surface area contributed by atoms with Crippen LogP contribution < -0.4 is 11.1 Å². The van der Waals surface area contributed by atoms with Crippen molar-refractivity contribution in [1.29, 1.82) is 0 Å². The fourth-order valence-electron chi connectivity index (χ4n) is 2.62. The number of amides is 1. The van der Waals surface area contributed by atoms with E-state index in [2.05, 4.69) is 12.2 Å². The molecule has 1 unspecified atom stereocenters. The Bertz CT molecular complexity index is 264. The maximum atomic E-state index is 12.2. The lowest BCUT2D eigenvalue weighted by Crippen LogP contribution is -2.53. The molecule has 1 heterocycles. The molecule has 16 heavy (non-hydrogen) atoms. The van der Waals surface area contributed by atoms with Crippen LogP contribution in [0.2, 0.25) is 0 Å². The standard InChI is InChI=1S/C12H22N2OS/c1-12(7-4-8-16-12)11(15)14-10-6-3-2-5-9(10)13/h9-10H,2-8,13H2,1H3,(H,14,15)/t9-,10-,12?/m1/s1. The molecule has 0 radical (unpaired) electrons. The quantitative estimate of drug-likeness (QED) is 0.774. The van der Waals surface area contributed by atoms with E-state index in [0.717, 1.165) is 31.4 Å². The van der Waals surface area contributed by atoms with Crippen molar-refractivity contribution in [3.8, 4) is 0 Å². The summed E-state index contributed by atoms with van der Waals surface area (Å²) in [4.78, 5) is 12.2. The number of rotatable bonds is 2. The Kier molecular flexibility index (Phi) is 3.80. The van der Waals surface area contributed by atoms with E-state index in [1.54, 1.807) is 11.8 Å². The second kappa shape index (κ2) is 4.96. The topological polar surface area (TPSA) is 55.1 Å². The summed E-state index contributed by atoms with van der Waals surface area (Å²) in [5.74, 6) is 1.32. The van der Waals surface area contributed by atoms with E-state index < -0.39 is 0 Å². The fourth-order valence-corrected chi connectivity index (χ4v) is 3.84. The summed E-state index contributed by atoms with van der Waals surface area (Å²) in [6.07, 6.45) is 6.67. The monoisotopic (exact) mass is 242 g/mol. The Morgan fingerprint density at radius 2 is 2.12 bits per heavy atom. The third-order valence-corrected chi connectivity index (χ3v) is 5.35. The molecule has 1 aliphatic heterocycles. The number of hydrogen-bond acceptors (Lipinski definition) is 3. The SMILES string of the molecule is CC1(C(=O)N[C@@H]2CCCC[C@H]2N)CCCS1. The van der Waals surface area contributed by atoms with Gasteiger partial charge >= 0.3 is 0 Å². The summed E-state index contributed by atoms with van der Waals surface area (Å²) in [6.45, 7) is 2.06. The van der Waals surface area contributed by atoms with Crippen molar-refractivity contribution in [2.45, 2.75) is 62.3 Å². The lowest BCUT2D eigenvalue weighted by Gasteiger charge is -2.32. The third kappa shape index (κ3) is 2.54. The molecule has 3 N–H and O–H groups in total. The Morgan fingerprint density at radius 3 is 2.75 bits per heavy atom. The van der Waals surface area contributed by atoms with Gasteiger partial charge in [0.05, 0.1) is 4.75 Å². The molecule has 2 rings (SSSR count). The molecule has 1 amide bonds. The minimum absolute atomic E-state index is 0.160. The average Bonchev–Trinajstić information content (AvgIpc) is 2.70. The van der Waals surface area contributed by atoms with E-state index in [1.165, 1.54) is 12.8 Å². The van der Waals surface area contributed by atoms with Crippen molar-refractivity contribution >= 4 is 17.7 Å². The predicted molar refractivity (Wildman–Crippen MR) is 68.5 cm³/mol. The van der Waals surface area contributed by atoms with Gasteiger partial charge in [0.15, 0.2) is 0 Å². The van der Waals surface area contributed by atoms with Gasteiger partial charge in [0.2, 0.25) is 5.91 Å². The lowest BCUT2D eigenvalue weighted by atomic mass is 9.90. The number of hydrogen-bond donors (Lipinski definition) is 2. The molecule has 2 aliphatic rings. The highest BCUT2D eigenvalue weighted by atomic mass is 32.2. The highest BCUT2D eigenvalue weighted by Crippen LogP contribution is 2.38. The van der Waals surface area contributed by atoms with Gasteiger partial charge in [0.25, 0.3) is 0 Å². The van der Waals surface area contributed by atoms with Crippen LogP contribution in [0.15, 0.2) is 0 Å². The van der Waals surface area contributed by atoms with Crippen LogP contribution in [0, 0.1) is 0 Å². The molecule has 0 bridgehead atoms. The number of nitrogens with one attached hydrogen (secondary N) is 1. The van der Waals surface area contributed by atoms with Gasteiger partial charge in [0.1, 0.15) is 0 Å². The van der Waals surface area contributed by atoms with Gasteiger partial charge in [-0.25, -0.2) is 0 Å². The zero-order valence-electron chi connectivity index (χ0n) is 10.00. The molecule has 3 nitrogen and oxygen atoms in total. The first-order valence-electron chi connectivity index (χ1n) is 6.32. The van der Waals surface area contributed by atoms with Crippen LogP contribution in [-0.2, 0) is 4.79 Å². The number of carbonyl (C=O) groups excluding carboxylic acids is 1. The van der Waals surface area contributed by atoms with Crippen LogP contribution in [0.25, 0.3) is 0 Å². The van der Waals surface area contributed by atoms with E-state index in [9.17, 15) is 4.79 Å². The van der Waals surface area contributed by atoms with Crippen molar-refractivity contribution < 1.29 is 4.79 Å². The molecule has 1 saturated heterocycles. The summed E-state index contributed by atoms with van der Waals surface area (Å²) in [5.41, 5.74) is 6.05. The average molecular weight is 242 g/mol. The van der Waals surface area contributed by atoms with E-state index in [0.29, 0.717) is 0 Å². The highest BCUT2D eigenvalue weighted by Gasteiger charge is 2.38. The first-order valence-corrected chi connectivity index (χ1v) is 7.31. The maximum Gasteiger partial charge on any atom is 0.236 e. The van der Waals surface area contributed by atoms with Crippen LogP contribution in [0.3, 0.4) is 0 Å². The van der Waals surface area contributed by atoms with Crippen molar-refractivity contribution in [3.63, 3.8) is 0 Å². The van der Waals surface area contributed by atoms with Gasteiger partial charge in [-0.1, -0.05) is 12.8 Å². The number of nitrogens with two attached hydrogens (primary N) is 1. The Hall–Kier alpha value is -0.220. The number of thioether (sulfide) groups is 1. The van der Waals surface area contributed by atoms with Crippen molar-refractivity contribution in [2.75, 3.05) is 5.75 Å². The van der Waals surface area contributed by atoms with Crippen molar-refractivity contribution in [2.24, 2.45) is 5.73 Å². The number of carbonyl (C=O) groups is 1. The van der Waals surface area contributed by atoms with E-state index in [4.69, 9.17) is 5.73 Å². The molecule has 1 aliphatic carbocycles. The Balaban J connectivity index is 1.90. The van der Waals surface area contributed by atoms with Crippen LogP contribution in [-0.4, -0.2) is 28.5 Å². The molecule has 2 fully saturated rings. The summed E-state index contributed by atoms with van der Waals surface area (Å²) < 4.78 is -0.197. The van der Waals surface area contributed by atoms with E-state index in [-0.39, 0.29) is 22.7 Å². The first kappa shape index (κ1) is 12.2. The minimum atomic E-state index is -0.197. The van der Waals surface area contributed by atoms with Gasteiger partial charge in [-0.3, -0.25) is 4.79 Å². The van der Waals surface area contributed by atoms with Crippen LogP contribution in [0.4, 0.5) is 0 Å². The molecular weight excluding hydrogens is 220 g/mol. The summed E-state index contributed by atoms with van der Waals surface area (Å²) in [5, 5.41) is 3.17. The Labute approximate surface area is 102 Å². The second-order valence-electron chi connectivity index (χ2n) is 5.21. The highest BCUT2D eigenvalue weighted by molar-refractivity contribution is 8.01. The predicted octanol–water partition coefficient (Wildman–Crippen LogP) is 1.66. The molecular formula is C12H22N2OS. The van der Waals surface area contributed by atoms with Crippen molar-refractivity contribution in [3.05, 3.63) is 0 Å². The minimum Gasteiger partial charge on any atom is -0.351 e. The van der Waals surface area contributed by atoms with Gasteiger partial charge in [-0.05, 0) is 38.4 Å². The molecule has 0 aromatic rings. The molecule has 0 aromatic heterocycles. The van der Waals surface area contributed by atoms with Gasteiger partial charge in [-0.15, -0.1) is 11.8 Å². The van der Waals surface area contributed by atoms with E-state index in [1.807, 2.05) is 0 Å². The van der Waals surface area contributed by atoms with Gasteiger partial charge < -0.3 is 11.1 Å². The zero-order valence-corrected chi connectivity index (χ0v) is 10.8. The molecule has 92 valence electrons. The van der Waals surface area contributed by atoms with Crippen molar-refractivity contribution in [1.82, 2.24) is 5.32 Å². The van der Waals surface area contributed by atoms with Crippen LogP contribution in [0.5, 0.6) is 0 Å². The lowest BCUT2D eigenvalue weighted by molar-refractivity contribution is -0.124. The zero-order chi connectivity index (χ0) is 11.6. The summed E-state index contributed by atoms with van der Waals surface area (Å²) in [6, 6.07) is 0.368. The van der Waals surface area contributed by atoms with Crippen LogP contribution >= 0.6 is 11.8 Å². The van der Waals surface area contributed by atoms with Gasteiger partial charge in [0, 0.05) is 12.1 Å². The molecule has 0 spiro atoms. The first-order chi connectivity index (χ1) is 7.62. The maximum absolute atomic E-state index is 12.2. The third-order valence-electron chi connectivity index (χ3n) is 3.84.